The van der Waals surface area contributed by atoms with Crippen molar-refractivity contribution in [3.8, 4) is 0 Å². The van der Waals surface area contributed by atoms with E-state index in [1.807, 2.05) is 12.1 Å². The number of rotatable bonds is 6. The first-order valence-electron chi connectivity index (χ1n) is 9.90. The van der Waals surface area contributed by atoms with Gasteiger partial charge in [-0.2, -0.15) is 0 Å². The summed E-state index contributed by atoms with van der Waals surface area (Å²) < 4.78 is 0. The van der Waals surface area contributed by atoms with Crippen LogP contribution < -0.4 is 5.32 Å². The van der Waals surface area contributed by atoms with E-state index < -0.39 is 0 Å². The minimum absolute atomic E-state index is 0.114. The van der Waals surface area contributed by atoms with Crippen LogP contribution in [0.25, 0.3) is 0 Å². The van der Waals surface area contributed by atoms with Crippen LogP contribution in [0.4, 0.5) is 0 Å². The van der Waals surface area contributed by atoms with Gasteiger partial charge in [0.15, 0.2) is 0 Å². The zero-order valence-electron chi connectivity index (χ0n) is 15.9. The molecule has 2 nitrogen and oxygen atoms in total. The van der Waals surface area contributed by atoms with Gasteiger partial charge in [0.05, 0.1) is 17.0 Å². The van der Waals surface area contributed by atoms with E-state index >= 15 is 0 Å². The zero-order valence-corrected chi connectivity index (χ0v) is 16.7. The molecule has 1 amide bonds. The molecule has 0 unspecified atom stereocenters. The largest absolute Gasteiger partial charge is 0.349 e. The maximum absolute atomic E-state index is 12.8. The van der Waals surface area contributed by atoms with Crippen LogP contribution in [0, 0.1) is 0 Å². The summed E-state index contributed by atoms with van der Waals surface area (Å²) in [5, 5.41) is 3.43. The molecule has 3 heteroatoms. The van der Waals surface area contributed by atoms with Crippen LogP contribution in [0.5, 0.6) is 0 Å². The molecule has 0 saturated heterocycles. The van der Waals surface area contributed by atoms with Crippen molar-refractivity contribution in [1.82, 2.24) is 5.32 Å². The van der Waals surface area contributed by atoms with Gasteiger partial charge in [-0.1, -0.05) is 84.9 Å². The molecule has 0 heterocycles. The molecule has 0 saturated carbocycles. The second-order valence-electron chi connectivity index (χ2n) is 7.22. The van der Waals surface area contributed by atoms with Crippen LogP contribution in [0.15, 0.2) is 84.9 Å². The number of aryl methyl sites for hydroxylation is 1. The summed E-state index contributed by atoms with van der Waals surface area (Å²) in [6, 6.07) is 29.5. The summed E-state index contributed by atoms with van der Waals surface area (Å²) in [6.07, 6.45) is 3.27. The van der Waals surface area contributed by atoms with Gasteiger partial charge in [-0.25, -0.2) is 0 Å². The van der Waals surface area contributed by atoms with Gasteiger partial charge in [0.2, 0.25) is 5.91 Å². The number of fused-ring (bicyclic) bond motifs is 1. The van der Waals surface area contributed by atoms with Crippen molar-refractivity contribution < 1.29 is 4.79 Å². The molecule has 28 heavy (non-hydrogen) atoms. The molecule has 0 bridgehead atoms. The van der Waals surface area contributed by atoms with Gasteiger partial charge in [0.1, 0.15) is 0 Å². The normalized spacial score (nSPS) is 15.8. The van der Waals surface area contributed by atoms with Crippen molar-refractivity contribution >= 4 is 17.7 Å². The van der Waals surface area contributed by atoms with Gasteiger partial charge in [0, 0.05) is 0 Å². The standard InChI is InChI=1S/C25H25NOS/c27-24(26-23-17-9-15-19-10-7-8-16-22(19)23)18-28-25(20-11-3-1-4-12-20)21-13-5-2-6-14-21/h1-8,10-14,16,23,25H,9,15,17-18H2,(H,26,27)/t23-/m0/s1. The lowest BCUT2D eigenvalue weighted by molar-refractivity contribution is -0.119. The summed E-state index contributed by atoms with van der Waals surface area (Å²) >= 11 is 1.69. The zero-order chi connectivity index (χ0) is 19.2. The van der Waals surface area contributed by atoms with E-state index in [-0.39, 0.29) is 17.2 Å². The summed E-state index contributed by atoms with van der Waals surface area (Å²) in [7, 11) is 0. The average Bonchev–Trinajstić information content (AvgIpc) is 2.76. The third-order valence-electron chi connectivity index (χ3n) is 5.29. The maximum atomic E-state index is 12.8. The fraction of sp³-hybridized carbons (Fsp3) is 0.240. The highest BCUT2D eigenvalue weighted by atomic mass is 32.2. The third-order valence-corrected chi connectivity index (χ3v) is 6.60. The Morgan fingerprint density at radius 1 is 0.893 bits per heavy atom. The van der Waals surface area contributed by atoms with Crippen LogP contribution in [-0.4, -0.2) is 11.7 Å². The molecular formula is C25H25NOS. The number of carbonyl (C=O) groups is 1. The molecule has 0 radical (unpaired) electrons. The molecule has 1 atom stereocenters. The SMILES string of the molecule is O=C(CSC(c1ccccc1)c1ccccc1)N[C@H]1CCCc2ccccc21. The smallest absolute Gasteiger partial charge is 0.230 e. The minimum atomic E-state index is 0.114. The number of hydrogen-bond donors (Lipinski definition) is 1. The Balaban J connectivity index is 1.44. The van der Waals surface area contributed by atoms with Gasteiger partial charge in [-0.05, 0) is 41.5 Å². The van der Waals surface area contributed by atoms with Crippen LogP contribution in [0.3, 0.4) is 0 Å². The lowest BCUT2D eigenvalue weighted by Gasteiger charge is -2.26. The first-order chi connectivity index (χ1) is 13.8. The Labute approximate surface area is 171 Å². The predicted octanol–water partition coefficient (Wildman–Crippen LogP) is 5.70. The quantitative estimate of drug-likeness (QED) is 0.587. The second kappa shape index (κ2) is 9.11. The monoisotopic (exact) mass is 387 g/mol. The lowest BCUT2D eigenvalue weighted by Crippen LogP contribution is -2.32. The van der Waals surface area contributed by atoms with Crippen molar-refractivity contribution in [3.05, 3.63) is 107 Å². The lowest BCUT2D eigenvalue weighted by atomic mass is 9.88. The molecule has 3 aromatic rings. The van der Waals surface area contributed by atoms with E-state index in [4.69, 9.17) is 0 Å². The van der Waals surface area contributed by atoms with E-state index in [9.17, 15) is 4.79 Å². The number of benzene rings is 3. The van der Waals surface area contributed by atoms with Crippen molar-refractivity contribution in [2.45, 2.75) is 30.6 Å². The van der Waals surface area contributed by atoms with Crippen LogP contribution in [-0.2, 0) is 11.2 Å². The molecule has 1 aliphatic rings. The van der Waals surface area contributed by atoms with E-state index in [0.29, 0.717) is 5.75 Å². The van der Waals surface area contributed by atoms with Crippen molar-refractivity contribution in [2.24, 2.45) is 0 Å². The first-order valence-corrected chi connectivity index (χ1v) is 10.9. The number of thioether (sulfide) groups is 1. The molecule has 0 spiro atoms. The highest BCUT2D eigenvalue weighted by molar-refractivity contribution is 8.00. The molecule has 0 fully saturated rings. The maximum Gasteiger partial charge on any atom is 0.230 e. The number of amides is 1. The van der Waals surface area contributed by atoms with E-state index in [2.05, 4.69) is 78.1 Å². The predicted molar refractivity (Wildman–Crippen MR) is 117 cm³/mol. The van der Waals surface area contributed by atoms with Crippen LogP contribution in [0.2, 0.25) is 0 Å². The van der Waals surface area contributed by atoms with Crippen molar-refractivity contribution in [1.29, 1.82) is 0 Å². The summed E-state index contributed by atoms with van der Waals surface area (Å²) in [5.41, 5.74) is 5.12. The molecule has 0 aromatic heterocycles. The van der Waals surface area contributed by atoms with E-state index in [1.54, 1.807) is 11.8 Å². The number of nitrogens with one attached hydrogen (secondary N) is 1. The van der Waals surface area contributed by atoms with Crippen molar-refractivity contribution in [3.63, 3.8) is 0 Å². The first kappa shape index (κ1) is 18.8. The summed E-state index contributed by atoms with van der Waals surface area (Å²) in [6.45, 7) is 0. The molecule has 1 aliphatic carbocycles. The molecule has 4 rings (SSSR count). The Hall–Kier alpha value is -2.52. The summed E-state index contributed by atoms with van der Waals surface area (Å²) in [5.74, 6) is 0.566. The van der Waals surface area contributed by atoms with Crippen molar-refractivity contribution in [2.75, 3.05) is 5.75 Å². The summed E-state index contributed by atoms with van der Waals surface area (Å²) in [4.78, 5) is 12.8. The highest BCUT2D eigenvalue weighted by Gasteiger charge is 2.22. The fourth-order valence-electron chi connectivity index (χ4n) is 3.94. The van der Waals surface area contributed by atoms with Gasteiger partial charge in [-0.15, -0.1) is 11.8 Å². The molecule has 0 aliphatic heterocycles. The average molecular weight is 388 g/mol. The van der Waals surface area contributed by atoms with Gasteiger partial charge >= 0.3 is 0 Å². The topological polar surface area (TPSA) is 29.1 Å². The Kier molecular flexibility index (Phi) is 6.13. The molecule has 142 valence electrons. The Morgan fingerprint density at radius 2 is 1.50 bits per heavy atom. The number of carbonyl (C=O) groups excluding carboxylic acids is 1. The van der Waals surface area contributed by atoms with E-state index in [1.165, 1.54) is 22.3 Å². The van der Waals surface area contributed by atoms with Gasteiger partial charge < -0.3 is 5.32 Å². The Morgan fingerprint density at radius 3 is 2.18 bits per heavy atom. The third kappa shape index (κ3) is 4.48. The van der Waals surface area contributed by atoms with Gasteiger partial charge in [-0.3, -0.25) is 4.79 Å². The van der Waals surface area contributed by atoms with Gasteiger partial charge in [0.25, 0.3) is 0 Å². The number of hydrogen-bond acceptors (Lipinski definition) is 2. The molecule has 3 aromatic carbocycles. The molecule has 1 N–H and O–H groups in total. The van der Waals surface area contributed by atoms with Crippen LogP contribution in [0.1, 0.15) is 46.4 Å². The molecular weight excluding hydrogens is 362 g/mol. The highest BCUT2D eigenvalue weighted by Crippen LogP contribution is 2.36. The fourth-order valence-corrected chi connectivity index (χ4v) is 5.04. The minimum Gasteiger partial charge on any atom is -0.349 e. The Bertz CT molecular complexity index is 871. The second-order valence-corrected chi connectivity index (χ2v) is 8.32. The van der Waals surface area contributed by atoms with Crippen LogP contribution >= 0.6 is 11.8 Å². The van der Waals surface area contributed by atoms with E-state index in [0.717, 1.165) is 19.3 Å².